The molecule has 0 amide bonds. The van der Waals surface area contributed by atoms with Crippen molar-refractivity contribution < 1.29 is 9.90 Å². The van der Waals surface area contributed by atoms with Gasteiger partial charge in [-0.1, -0.05) is 6.92 Å². The molecule has 0 unspecified atom stereocenters. The van der Waals surface area contributed by atoms with Crippen molar-refractivity contribution in [2.75, 3.05) is 5.75 Å². The molecule has 0 saturated heterocycles. The minimum atomic E-state index is -0.934. The summed E-state index contributed by atoms with van der Waals surface area (Å²) in [7, 11) is 0. The Balaban J connectivity index is 4.16. The van der Waals surface area contributed by atoms with E-state index in [9.17, 15) is 4.79 Å². The standard InChI is InChI=1S/C7H15NO2S/c1-4-11-7(2,3)5(8)6(9)10/h5H,4,8H2,1-3H3,(H,9,10)/t5-/m0/s1. The molecule has 0 aromatic carbocycles. The summed E-state index contributed by atoms with van der Waals surface area (Å²) in [5.74, 6) is -0.0514. The summed E-state index contributed by atoms with van der Waals surface area (Å²) in [6, 6.07) is -0.785. The van der Waals surface area contributed by atoms with E-state index in [0.29, 0.717) is 0 Å². The molecule has 0 heterocycles. The summed E-state index contributed by atoms with van der Waals surface area (Å²) in [5, 5.41) is 8.61. The van der Waals surface area contributed by atoms with Crippen molar-refractivity contribution in [2.45, 2.75) is 31.6 Å². The molecule has 3 N–H and O–H groups in total. The van der Waals surface area contributed by atoms with Crippen LogP contribution < -0.4 is 5.73 Å². The van der Waals surface area contributed by atoms with E-state index in [1.54, 1.807) is 11.8 Å². The van der Waals surface area contributed by atoms with E-state index in [0.717, 1.165) is 5.75 Å². The van der Waals surface area contributed by atoms with Gasteiger partial charge in [-0.05, 0) is 19.6 Å². The van der Waals surface area contributed by atoms with E-state index < -0.39 is 12.0 Å². The lowest BCUT2D eigenvalue weighted by atomic mass is 10.1. The second-order valence-electron chi connectivity index (χ2n) is 2.85. The normalized spacial score (nSPS) is 14.5. The lowest BCUT2D eigenvalue weighted by molar-refractivity contribution is -0.139. The second-order valence-corrected chi connectivity index (χ2v) is 4.77. The zero-order valence-corrected chi connectivity index (χ0v) is 7.94. The molecule has 1 atom stereocenters. The number of thioether (sulfide) groups is 1. The van der Waals surface area contributed by atoms with Crippen LogP contribution in [0.1, 0.15) is 20.8 Å². The lowest BCUT2D eigenvalue weighted by Gasteiger charge is -2.27. The first kappa shape index (κ1) is 10.8. The maximum absolute atomic E-state index is 10.5. The van der Waals surface area contributed by atoms with Gasteiger partial charge in [-0.15, -0.1) is 0 Å². The molecule has 0 bridgehead atoms. The van der Waals surface area contributed by atoms with Gasteiger partial charge in [-0.3, -0.25) is 4.79 Å². The average molecular weight is 177 g/mol. The molecule has 0 fully saturated rings. The summed E-state index contributed by atoms with van der Waals surface area (Å²) in [5.41, 5.74) is 5.46. The largest absolute Gasteiger partial charge is 0.480 e. The van der Waals surface area contributed by atoms with Gasteiger partial charge in [0, 0.05) is 4.75 Å². The Labute approximate surface area is 71.3 Å². The third kappa shape index (κ3) is 3.12. The predicted octanol–water partition coefficient (Wildman–Crippen LogP) is 0.930. The van der Waals surface area contributed by atoms with Crippen molar-refractivity contribution in [1.29, 1.82) is 0 Å². The first-order valence-electron chi connectivity index (χ1n) is 3.54. The van der Waals surface area contributed by atoms with E-state index in [2.05, 4.69) is 0 Å². The SMILES string of the molecule is CCSC(C)(C)[C@@H](N)C(=O)O. The second kappa shape index (κ2) is 3.97. The molecule has 0 spiro atoms. The summed E-state index contributed by atoms with van der Waals surface area (Å²) in [6.07, 6.45) is 0. The van der Waals surface area contributed by atoms with Crippen molar-refractivity contribution in [3.63, 3.8) is 0 Å². The van der Waals surface area contributed by atoms with Gasteiger partial charge >= 0.3 is 5.97 Å². The number of nitrogens with two attached hydrogens (primary N) is 1. The van der Waals surface area contributed by atoms with Gasteiger partial charge in [0.2, 0.25) is 0 Å². The van der Waals surface area contributed by atoms with Crippen molar-refractivity contribution >= 4 is 17.7 Å². The predicted molar refractivity (Wildman–Crippen MR) is 47.8 cm³/mol. The Morgan fingerprint density at radius 2 is 2.18 bits per heavy atom. The quantitative estimate of drug-likeness (QED) is 0.670. The first-order valence-corrected chi connectivity index (χ1v) is 4.52. The van der Waals surface area contributed by atoms with Crippen LogP contribution in [-0.4, -0.2) is 27.6 Å². The molecule has 66 valence electrons. The number of carboxylic acids is 1. The van der Waals surface area contributed by atoms with Crippen LogP contribution in [0.3, 0.4) is 0 Å². The molecule has 11 heavy (non-hydrogen) atoms. The van der Waals surface area contributed by atoms with Gasteiger partial charge in [0.25, 0.3) is 0 Å². The van der Waals surface area contributed by atoms with Crippen LogP contribution in [0.5, 0.6) is 0 Å². The van der Waals surface area contributed by atoms with Crippen molar-refractivity contribution in [3.05, 3.63) is 0 Å². The fourth-order valence-corrected chi connectivity index (χ4v) is 1.78. The lowest BCUT2D eigenvalue weighted by Crippen LogP contribution is -2.46. The third-order valence-electron chi connectivity index (χ3n) is 1.53. The molecule has 4 heteroatoms. The third-order valence-corrected chi connectivity index (χ3v) is 2.82. The van der Waals surface area contributed by atoms with Crippen LogP contribution in [0.2, 0.25) is 0 Å². The summed E-state index contributed by atoms with van der Waals surface area (Å²) in [6.45, 7) is 5.68. The molecule has 0 aliphatic rings. The van der Waals surface area contributed by atoms with Crippen LogP contribution in [0.25, 0.3) is 0 Å². The van der Waals surface area contributed by atoms with Crippen molar-refractivity contribution in [1.82, 2.24) is 0 Å². The van der Waals surface area contributed by atoms with Gasteiger partial charge < -0.3 is 10.8 Å². The summed E-state index contributed by atoms with van der Waals surface area (Å²) in [4.78, 5) is 10.5. The smallest absolute Gasteiger partial charge is 0.321 e. The van der Waals surface area contributed by atoms with E-state index in [4.69, 9.17) is 10.8 Å². The Bertz CT molecular complexity index is 147. The molecule has 0 aliphatic heterocycles. The zero-order chi connectivity index (χ0) is 9.07. The van der Waals surface area contributed by atoms with Gasteiger partial charge in [0.1, 0.15) is 6.04 Å². The Hall–Kier alpha value is -0.220. The molecule has 0 aliphatic carbocycles. The monoisotopic (exact) mass is 177 g/mol. The van der Waals surface area contributed by atoms with Crippen LogP contribution >= 0.6 is 11.8 Å². The maximum Gasteiger partial charge on any atom is 0.321 e. The maximum atomic E-state index is 10.5. The number of hydrogen-bond acceptors (Lipinski definition) is 3. The number of carbonyl (C=O) groups is 1. The van der Waals surface area contributed by atoms with E-state index in [1.165, 1.54) is 0 Å². The Morgan fingerprint density at radius 1 is 1.73 bits per heavy atom. The topological polar surface area (TPSA) is 63.3 Å². The van der Waals surface area contributed by atoms with Crippen molar-refractivity contribution in [3.8, 4) is 0 Å². The van der Waals surface area contributed by atoms with Gasteiger partial charge in [-0.2, -0.15) is 11.8 Å². The fourth-order valence-electron chi connectivity index (χ4n) is 0.759. The average Bonchev–Trinajstić information content (AvgIpc) is 1.86. The molecular weight excluding hydrogens is 162 g/mol. The van der Waals surface area contributed by atoms with Crippen molar-refractivity contribution in [2.24, 2.45) is 5.73 Å². The fraction of sp³-hybridized carbons (Fsp3) is 0.857. The van der Waals surface area contributed by atoms with Crippen LogP contribution in [-0.2, 0) is 4.79 Å². The highest BCUT2D eigenvalue weighted by atomic mass is 32.2. The number of hydrogen-bond donors (Lipinski definition) is 2. The molecule has 0 rings (SSSR count). The van der Waals surface area contributed by atoms with E-state index in [1.807, 2.05) is 20.8 Å². The Kier molecular flexibility index (Phi) is 3.89. The highest BCUT2D eigenvalue weighted by Gasteiger charge is 2.31. The minimum Gasteiger partial charge on any atom is -0.480 e. The molecule has 0 saturated carbocycles. The molecule has 0 aromatic rings. The van der Waals surface area contributed by atoms with Gasteiger partial charge in [0.05, 0.1) is 0 Å². The van der Waals surface area contributed by atoms with Crippen LogP contribution in [0.15, 0.2) is 0 Å². The molecule has 0 aromatic heterocycles. The highest BCUT2D eigenvalue weighted by molar-refractivity contribution is 8.00. The Morgan fingerprint density at radius 3 is 2.45 bits per heavy atom. The number of carboxylic acid groups (broad SMARTS) is 1. The summed E-state index contributed by atoms with van der Waals surface area (Å²) < 4.78 is -0.374. The van der Waals surface area contributed by atoms with Crippen LogP contribution in [0, 0.1) is 0 Å². The summed E-state index contributed by atoms with van der Waals surface area (Å²) >= 11 is 1.56. The minimum absolute atomic E-state index is 0.374. The molecular formula is C7H15NO2S. The number of rotatable bonds is 4. The molecule has 3 nitrogen and oxygen atoms in total. The number of aliphatic carboxylic acids is 1. The first-order chi connectivity index (χ1) is 4.91. The van der Waals surface area contributed by atoms with Gasteiger partial charge in [-0.25, -0.2) is 0 Å². The van der Waals surface area contributed by atoms with Crippen LogP contribution in [0.4, 0.5) is 0 Å². The highest BCUT2D eigenvalue weighted by Crippen LogP contribution is 2.26. The molecule has 0 radical (unpaired) electrons. The van der Waals surface area contributed by atoms with E-state index in [-0.39, 0.29) is 4.75 Å². The van der Waals surface area contributed by atoms with E-state index >= 15 is 0 Å². The zero-order valence-electron chi connectivity index (χ0n) is 7.13. The van der Waals surface area contributed by atoms with Gasteiger partial charge in [0.15, 0.2) is 0 Å².